The summed E-state index contributed by atoms with van der Waals surface area (Å²) in [5.41, 5.74) is 7.80. The van der Waals surface area contributed by atoms with Gasteiger partial charge in [-0.15, -0.1) is 0 Å². The van der Waals surface area contributed by atoms with Gasteiger partial charge in [-0.2, -0.15) is 0 Å². The number of aryl methyl sites for hydroxylation is 1. The number of hydrogen-bond donors (Lipinski definition) is 1. The van der Waals surface area contributed by atoms with E-state index in [2.05, 4.69) is 0 Å². The molecule has 110 valence electrons. The Bertz CT molecular complexity index is 790. The average Bonchev–Trinajstić information content (AvgIpc) is 2.46. The van der Waals surface area contributed by atoms with Gasteiger partial charge in [-0.1, -0.05) is 12.1 Å². The first-order chi connectivity index (χ1) is 10.00. The van der Waals surface area contributed by atoms with Gasteiger partial charge in [0.05, 0.1) is 5.69 Å². The van der Waals surface area contributed by atoms with Gasteiger partial charge in [-0.3, -0.25) is 4.31 Å². The van der Waals surface area contributed by atoms with Crippen molar-refractivity contribution in [2.75, 3.05) is 16.6 Å². The lowest BCUT2D eigenvalue weighted by molar-refractivity contribution is 0.561. The van der Waals surface area contributed by atoms with Gasteiger partial charge in [0.1, 0.15) is 10.7 Å². The number of nitrogens with zero attached hydrogens (tertiary/aromatic N) is 1. The first kappa shape index (κ1) is 13.9. The number of hydrogen-bond acceptors (Lipinski definition) is 3. The van der Waals surface area contributed by atoms with Crippen molar-refractivity contribution < 1.29 is 12.8 Å². The first-order valence-electron chi connectivity index (χ1n) is 6.66. The standard InChI is InChI=1S/C15H15FN2O2S/c16-13-5-1-2-6-15(13)21(19,20)18-9-3-4-11-10-12(17)7-8-14(11)18/h1-2,5-8,10H,3-4,9,17H2. The van der Waals surface area contributed by atoms with E-state index in [-0.39, 0.29) is 4.90 Å². The number of sulfonamides is 1. The fraction of sp³-hybridized carbons (Fsp3) is 0.200. The Morgan fingerprint density at radius 2 is 1.90 bits per heavy atom. The highest BCUT2D eigenvalue weighted by Crippen LogP contribution is 2.33. The molecule has 6 heteroatoms. The monoisotopic (exact) mass is 306 g/mol. The van der Waals surface area contributed by atoms with E-state index < -0.39 is 15.8 Å². The van der Waals surface area contributed by atoms with Crippen LogP contribution in [0, 0.1) is 5.82 Å². The Labute approximate surface area is 123 Å². The highest BCUT2D eigenvalue weighted by atomic mass is 32.2. The van der Waals surface area contributed by atoms with E-state index in [0.29, 0.717) is 24.3 Å². The summed E-state index contributed by atoms with van der Waals surface area (Å²) in [5.74, 6) is -0.736. The normalized spacial score (nSPS) is 14.8. The summed E-state index contributed by atoms with van der Waals surface area (Å²) in [7, 11) is -3.90. The molecular formula is C15H15FN2O2S. The van der Waals surface area contributed by atoms with Crippen molar-refractivity contribution >= 4 is 21.4 Å². The van der Waals surface area contributed by atoms with Crippen molar-refractivity contribution in [3.05, 3.63) is 53.8 Å². The first-order valence-corrected chi connectivity index (χ1v) is 8.10. The molecule has 4 nitrogen and oxygen atoms in total. The van der Waals surface area contributed by atoms with Gasteiger partial charge in [0.25, 0.3) is 10.0 Å². The molecule has 2 N–H and O–H groups in total. The van der Waals surface area contributed by atoms with E-state index in [1.165, 1.54) is 22.5 Å². The van der Waals surface area contributed by atoms with E-state index in [1.54, 1.807) is 18.2 Å². The molecule has 0 bridgehead atoms. The number of anilines is 2. The van der Waals surface area contributed by atoms with Crippen LogP contribution in [0.25, 0.3) is 0 Å². The molecule has 0 aromatic heterocycles. The molecule has 2 aromatic carbocycles. The van der Waals surface area contributed by atoms with E-state index in [9.17, 15) is 12.8 Å². The van der Waals surface area contributed by atoms with Crippen molar-refractivity contribution in [2.24, 2.45) is 0 Å². The number of fused-ring (bicyclic) bond motifs is 1. The molecular weight excluding hydrogens is 291 g/mol. The maximum atomic E-state index is 13.9. The Kier molecular flexibility index (Phi) is 3.33. The molecule has 1 aliphatic rings. The molecule has 0 saturated heterocycles. The minimum Gasteiger partial charge on any atom is -0.399 e. The van der Waals surface area contributed by atoms with Crippen molar-refractivity contribution in [1.29, 1.82) is 0 Å². The summed E-state index contributed by atoms with van der Waals surface area (Å²) in [6.07, 6.45) is 1.45. The summed E-state index contributed by atoms with van der Waals surface area (Å²) in [4.78, 5) is -0.297. The number of halogens is 1. The van der Waals surface area contributed by atoms with Crippen LogP contribution < -0.4 is 10.0 Å². The summed E-state index contributed by atoms with van der Waals surface area (Å²) in [6, 6.07) is 10.6. The van der Waals surface area contributed by atoms with Gasteiger partial charge in [0.2, 0.25) is 0 Å². The highest BCUT2D eigenvalue weighted by Gasteiger charge is 2.30. The second-order valence-electron chi connectivity index (χ2n) is 5.00. The summed E-state index contributed by atoms with van der Waals surface area (Å²) in [5, 5.41) is 0. The van der Waals surface area contributed by atoms with Crippen LogP contribution >= 0.6 is 0 Å². The molecule has 1 heterocycles. The van der Waals surface area contributed by atoms with E-state index in [4.69, 9.17) is 5.73 Å². The van der Waals surface area contributed by atoms with E-state index >= 15 is 0 Å². The maximum absolute atomic E-state index is 13.9. The highest BCUT2D eigenvalue weighted by molar-refractivity contribution is 7.92. The van der Waals surface area contributed by atoms with Crippen LogP contribution in [-0.4, -0.2) is 15.0 Å². The number of nitrogens with two attached hydrogens (primary N) is 1. The van der Waals surface area contributed by atoms with E-state index in [1.807, 2.05) is 0 Å². The molecule has 0 unspecified atom stereocenters. The second-order valence-corrected chi connectivity index (χ2v) is 6.83. The average molecular weight is 306 g/mol. The quantitative estimate of drug-likeness (QED) is 0.867. The third kappa shape index (κ3) is 2.35. The molecule has 3 rings (SSSR count). The second kappa shape index (κ2) is 5.04. The SMILES string of the molecule is Nc1ccc2c(c1)CCCN2S(=O)(=O)c1ccccc1F. The van der Waals surface area contributed by atoms with Gasteiger partial charge < -0.3 is 5.73 Å². The van der Waals surface area contributed by atoms with Crippen molar-refractivity contribution in [3.63, 3.8) is 0 Å². The Morgan fingerprint density at radius 3 is 2.67 bits per heavy atom. The molecule has 0 radical (unpaired) electrons. The Morgan fingerprint density at radius 1 is 1.14 bits per heavy atom. The van der Waals surface area contributed by atoms with E-state index in [0.717, 1.165) is 18.1 Å². The van der Waals surface area contributed by atoms with Crippen molar-refractivity contribution in [2.45, 2.75) is 17.7 Å². The predicted octanol–water partition coefficient (Wildman–Crippen LogP) is 2.55. The fourth-order valence-electron chi connectivity index (χ4n) is 2.60. The molecule has 0 saturated carbocycles. The van der Waals surface area contributed by atoms with Crippen LogP contribution in [-0.2, 0) is 16.4 Å². The Hall–Kier alpha value is -2.08. The third-order valence-corrected chi connectivity index (χ3v) is 5.43. The lowest BCUT2D eigenvalue weighted by Crippen LogP contribution is -2.36. The number of benzene rings is 2. The maximum Gasteiger partial charge on any atom is 0.267 e. The predicted molar refractivity (Wildman–Crippen MR) is 80.1 cm³/mol. The minimum atomic E-state index is -3.90. The lowest BCUT2D eigenvalue weighted by atomic mass is 10.0. The number of nitrogen functional groups attached to an aromatic ring is 1. The van der Waals surface area contributed by atoms with Crippen LogP contribution in [0.5, 0.6) is 0 Å². The zero-order valence-corrected chi connectivity index (χ0v) is 12.1. The van der Waals surface area contributed by atoms with Gasteiger partial charge in [-0.25, -0.2) is 12.8 Å². The van der Waals surface area contributed by atoms with Crippen molar-refractivity contribution in [1.82, 2.24) is 0 Å². The summed E-state index contributed by atoms with van der Waals surface area (Å²) in [6.45, 7) is 0.341. The van der Waals surface area contributed by atoms with Gasteiger partial charge >= 0.3 is 0 Å². The summed E-state index contributed by atoms with van der Waals surface area (Å²) < 4.78 is 40.5. The molecule has 0 fully saturated rings. The molecule has 1 aliphatic heterocycles. The molecule has 0 amide bonds. The Balaban J connectivity index is 2.12. The third-order valence-electron chi connectivity index (χ3n) is 3.58. The van der Waals surface area contributed by atoms with Crippen LogP contribution in [0.2, 0.25) is 0 Å². The zero-order valence-electron chi connectivity index (χ0n) is 11.3. The molecule has 0 aliphatic carbocycles. The van der Waals surface area contributed by atoms with Crippen LogP contribution in [0.4, 0.5) is 15.8 Å². The smallest absolute Gasteiger partial charge is 0.267 e. The summed E-state index contributed by atoms with van der Waals surface area (Å²) >= 11 is 0. The fourth-order valence-corrected chi connectivity index (χ4v) is 4.21. The minimum absolute atomic E-state index is 0.297. The van der Waals surface area contributed by atoms with Crippen LogP contribution in [0.15, 0.2) is 47.4 Å². The van der Waals surface area contributed by atoms with Crippen LogP contribution in [0.1, 0.15) is 12.0 Å². The topological polar surface area (TPSA) is 63.4 Å². The van der Waals surface area contributed by atoms with Crippen LogP contribution in [0.3, 0.4) is 0 Å². The number of rotatable bonds is 2. The largest absolute Gasteiger partial charge is 0.399 e. The lowest BCUT2D eigenvalue weighted by Gasteiger charge is -2.30. The van der Waals surface area contributed by atoms with Gasteiger partial charge in [0.15, 0.2) is 0 Å². The van der Waals surface area contributed by atoms with Gasteiger partial charge in [-0.05, 0) is 48.7 Å². The molecule has 21 heavy (non-hydrogen) atoms. The molecule has 0 atom stereocenters. The zero-order chi connectivity index (χ0) is 15.0. The molecule has 0 spiro atoms. The van der Waals surface area contributed by atoms with Crippen molar-refractivity contribution in [3.8, 4) is 0 Å². The molecule has 2 aromatic rings. The van der Waals surface area contributed by atoms with Gasteiger partial charge in [0, 0.05) is 12.2 Å².